The minimum Gasteiger partial charge on any atom is -0.478 e. The number of rotatable bonds is 11. The lowest BCUT2D eigenvalue weighted by Gasteiger charge is -2.28. The summed E-state index contributed by atoms with van der Waals surface area (Å²) in [5.41, 5.74) is 2.05. The number of benzene rings is 2. The van der Waals surface area contributed by atoms with Gasteiger partial charge < -0.3 is 26.4 Å². The summed E-state index contributed by atoms with van der Waals surface area (Å²) in [5, 5.41) is 22.0. The molecule has 3 aromatic rings. The molecular formula is C28H35N7O3. The molecule has 1 fully saturated rings. The summed E-state index contributed by atoms with van der Waals surface area (Å²) in [4.78, 5) is 37.6. The molecule has 200 valence electrons. The third-order valence-electron chi connectivity index (χ3n) is 6.93. The average molecular weight is 518 g/mol. The zero-order valence-electron chi connectivity index (χ0n) is 21.8. The maximum atomic E-state index is 12.7. The molecule has 0 saturated heterocycles. The number of carbonyl (C=O) groups is 2. The summed E-state index contributed by atoms with van der Waals surface area (Å²) in [6.07, 6.45) is 3.07. The number of nitrogens with one attached hydrogen (secondary N) is 4. The first-order valence-corrected chi connectivity index (χ1v) is 13.0. The largest absolute Gasteiger partial charge is 0.478 e. The number of hydrogen-bond acceptors (Lipinski definition) is 8. The minimum absolute atomic E-state index is 0.0414. The van der Waals surface area contributed by atoms with E-state index in [-0.39, 0.29) is 30.0 Å². The highest BCUT2D eigenvalue weighted by atomic mass is 16.4. The fourth-order valence-electron chi connectivity index (χ4n) is 4.67. The van der Waals surface area contributed by atoms with Crippen LogP contribution in [0, 0.1) is 5.92 Å². The molecule has 10 nitrogen and oxygen atoms in total. The van der Waals surface area contributed by atoms with Crippen LogP contribution >= 0.6 is 0 Å². The van der Waals surface area contributed by atoms with Crippen LogP contribution in [0.4, 0.5) is 17.8 Å². The summed E-state index contributed by atoms with van der Waals surface area (Å²) < 4.78 is 0. The van der Waals surface area contributed by atoms with Gasteiger partial charge in [-0.15, -0.1) is 0 Å². The first kappa shape index (κ1) is 26.8. The number of amides is 1. The lowest BCUT2D eigenvalue weighted by Crippen LogP contribution is -2.36. The van der Waals surface area contributed by atoms with Crippen molar-refractivity contribution < 1.29 is 14.7 Å². The number of aromatic carboxylic acids is 1. The molecule has 1 aliphatic rings. The van der Waals surface area contributed by atoms with Crippen molar-refractivity contribution in [3.8, 4) is 0 Å². The Morgan fingerprint density at radius 2 is 1.58 bits per heavy atom. The second-order valence-corrected chi connectivity index (χ2v) is 9.62. The molecule has 2 aromatic carbocycles. The van der Waals surface area contributed by atoms with Crippen molar-refractivity contribution in [2.45, 2.75) is 51.1 Å². The molecule has 0 radical (unpaired) electrons. The van der Waals surface area contributed by atoms with Gasteiger partial charge in [-0.1, -0.05) is 55.5 Å². The highest BCUT2D eigenvalue weighted by molar-refractivity contribution is 5.89. The molecule has 1 aromatic heterocycles. The predicted octanol–water partition coefficient (Wildman–Crippen LogP) is 4.11. The predicted molar refractivity (Wildman–Crippen MR) is 147 cm³/mol. The second kappa shape index (κ2) is 12.8. The summed E-state index contributed by atoms with van der Waals surface area (Å²) in [6, 6.07) is 17.2. The van der Waals surface area contributed by atoms with E-state index in [1.165, 1.54) is 5.56 Å². The fraction of sp³-hybridized carbons (Fsp3) is 0.393. The third kappa shape index (κ3) is 7.18. The van der Waals surface area contributed by atoms with Crippen LogP contribution in [0.3, 0.4) is 0 Å². The fourth-order valence-corrected chi connectivity index (χ4v) is 4.67. The van der Waals surface area contributed by atoms with E-state index in [0.29, 0.717) is 35.9 Å². The Hall–Kier alpha value is -4.21. The van der Waals surface area contributed by atoms with Gasteiger partial charge in [-0.25, -0.2) is 4.79 Å². The van der Waals surface area contributed by atoms with E-state index >= 15 is 0 Å². The topological polar surface area (TPSA) is 141 Å². The van der Waals surface area contributed by atoms with Gasteiger partial charge in [-0.05, 0) is 48.8 Å². The third-order valence-corrected chi connectivity index (χ3v) is 6.93. The minimum atomic E-state index is -0.995. The molecule has 1 saturated carbocycles. The number of hydrogen-bond donors (Lipinski definition) is 5. The normalized spacial score (nSPS) is 17.7. The Morgan fingerprint density at radius 3 is 2.29 bits per heavy atom. The van der Waals surface area contributed by atoms with Crippen LogP contribution in [0.1, 0.15) is 60.0 Å². The maximum absolute atomic E-state index is 12.7. The zero-order valence-corrected chi connectivity index (χ0v) is 21.8. The molecule has 0 spiro atoms. The number of carboxylic acid groups (broad SMARTS) is 1. The summed E-state index contributed by atoms with van der Waals surface area (Å²) in [5.74, 6) is 0.633. The van der Waals surface area contributed by atoms with E-state index in [2.05, 4.69) is 55.3 Å². The summed E-state index contributed by atoms with van der Waals surface area (Å²) in [6.45, 7) is 3.05. The van der Waals surface area contributed by atoms with Gasteiger partial charge in [-0.2, -0.15) is 15.0 Å². The molecule has 1 amide bonds. The zero-order chi connectivity index (χ0) is 26.9. The molecule has 4 rings (SSSR count). The number of carboxylic acids is 1. The van der Waals surface area contributed by atoms with Crippen LogP contribution < -0.4 is 21.3 Å². The number of aromatic nitrogens is 3. The number of anilines is 3. The summed E-state index contributed by atoms with van der Waals surface area (Å²) >= 11 is 0. The Morgan fingerprint density at radius 1 is 0.921 bits per heavy atom. The van der Waals surface area contributed by atoms with Crippen molar-refractivity contribution in [2.75, 3.05) is 29.5 Å². The van der Waals surface area contributed by atoms with Gasteiger partial charge in [0.1, 0.15) is 0 Å². The van der Waals surface area contributed by atoms with E-state index in [1.54, 1.807) is 31.3 Å². The van der Waals surface area contributed by atoms with Gasteiger partial charge in [0.15, 0.2) is 0 Å². The van der Waals surface area contributed by atoms with Crippen LogP contribution in [0.15, 0.2) is 54.6 Å². The molecule has 1 atom stereocenters. The molecule has 0 aliphatic heterocycles. The van der Waals surface area contributed by atoms with Crippen LogP contribution in [0.5, 0.6) is 0 Å². The van der Waals surface area contributed by atoms with E-state index < -0.39 is 5.97 Å². The van der Waals surface area contributed by atoms with Crippen molar-refractivity contribution in [3.63, 3.8) is 0 Å². The molecule has 10 heteroatoms. The van der Waals surface area contributed by atoms with Crippen molar-refractivity contribution in [3.05, 3.63) is 71.3 Å². The Bertz CT molecular complexity index is 1230. The first-order valence-electron chi connectivity index (χ1n) is 13.0. The van der Waals surface area contributed by atoms with Gasteiger partial charge in [0.2, 0.25) is 23.8 Å². The van der Waals surface area contributed by atoms with Crippen LogP contribution in [0.25, 0.3) is 0 Å². The Labute approximate surface area is 222 Å². The van der Waals surface area contributed by atoms with E-state index in [1.807, 2.05) is 18.2 Å². The average Bonchev–Trinajstić information content (AvgIpc) is 2.95. The number of carbonyl (C=O) groups excluding carboxylic acids is 1. The van der Waals surface area contributed by atoms with Crippen molar-refractivity contribution in [1.82, 2.24) is 20.3 Å². The van der Waals surface area contributed by atoms with Crippen molar-refractivity contribution >= 4 is 29.7 Å². The van der Waals surface area contributed by atoms with E-state index in [4.69, 9.17) is 0 Å². The molecule has 38 heavy (non-hydrogen) atoms. The van der Waals surface area contributed by atoms with Crippen molar-refractivity contribution in [2.24, 2.45) is 5.92 Å². The molecule has 5 N–H and O–H groups in total. The highest BCUT2D eigenvalue weighted by Gasteiger charge is 2.27. The first-order chi connectivity index (χ1) is 18.4. The van der Waals surface area contributed by atoms with Crippen molar-refractivity contribution in [1.29, 1.82) is 0 Å². The second-order valence-electron chi connectivity index (χ2n) is 9.62. The lowest BCUT2D eigenvalue weighted by molar-refractivity contribution is -0.126. The standard InChI is InChI=1S/C28H35N7O3/c1-18(19-8-4-3-5-9-19)16-31-27-33-26(29-2)34-28(35-27)32-22-14-12-20(13-15-22)24(36)30-17-21-10-6-7-11-23(21)25(37)38/h3-11,18,20,22H,12-17H2,1-2H3,(H,30,36)(H,37,38)(H3,29,31,32,33,34,35). The van der Waals surface area contributed by atoms with Gasteiger partial charge >= 0.3 is 5.97 Å². The lowest BCUT2D eigenvalue weighted by atomic mass is 9.85. The molecular weight excluding hydrogens is 482 g/mol. The van der Waals surface area contributed by atoms with Crippen LogP contribution in [-0.2, 0) is 11.3 Å². The van der Waals surface area contributed by atoms with Gasteiger partial charge in [0, 0.05) is 32.1 Å². The monoisotopic (exact) mass is 517 g/mol. The van der Waals surface area contributed by atoms with Gasteiger partial charge in [0.05, 0.1) is 5.56 Å². The van der Waals surface area contributed by atoms with E-state index in [0.717, 1.165) is 25.7 Å². The van der Waals surface area contributed by atoms with Gasteiger partial charge in [-0.3, -0.25) is 4.79 Å². The Balaban J connectivity index is 1.28. The molecule has 0 bridgehead atoms. The number of nitrogens with zero attached hydrogens (tertiary/aromatic N) is 3. The maximum Gasteiger partial charge on any atom is 0.336 e. The highest BCUT2D eigenvalue weighted by Crippen LogP contribution is 2.27. The van der Waals surface area contributed by atoms with Gasteiger partial charge in [0.25, 0.3) is 0 Å². The smallest absolute Gasteiger partial charge is 0.336 e. The SMILES string of the molecule is CNc1nc(NCC(C)c2ccccc2)nc(NC2CCC(C(=O)NCc3ccccc3C(=O)O)CC2)n1. The van der Waals surface area contributed by atoms with E-state index in [9.17, 15) is 14.7 Å². The van der Waals surface area contributed by atoms with Crippen LogP contribution in [-0.4, -0.2) is 51.6 Å². The Kier molecular flexibility index (Phi) is 9.07. The molecule has 1 unspecified atom stereocenters. The molecule has 1 heterocycles. The molecule has 1 aliphatic carbocycles. The quantitative estimate of drug-likeness (QED) is 0.254. The summed E-state index contributed by atoms with van der Waals surface area (Å²) in [7, 11) is 1.77. The van der Waals surface area contributed by atoms with Crippen LogP contribution in [0.2, 0.25) is 0 Å².